The third-order valence-corrected chi connectivity index (χ3v) is 12.3. The maximum atomic E-state index is 7.00. The molecule has 0 amide bonds. The van der Waals surface area contributed by atoms with Gasteiger partial charge in [-0.25, -0.2) is 0 Å². The van der Waals surface area contributed by atoms with Gasteiger partial charge >= 0.3 is 0 Å². The molecule has 0 saturated heterocycles. The number of ether oxygens (including phenoxy) is 1. The van der Waals surface area contributed by atoms with Crippen LogP contribution in [0, 0.1) is 0 Å². The van der Waals surface area contributed by atoms with E-state index in [9.17, 15) is 0 Å². The van der Waals surface area contributed by atoms with Crippen LogP contribution in [0.4, 0.5) is 17.1 Å². The zero-order valence-electron chi connectivity index (χ0n) is 31.0. The van der Waals surface area contributed by atoms with Gasteiger partial charge in [0.15, 0.2) is 0 Å². The lowest BCUT2D eigenvalue weighted by atomic mass is 9.89. The summed E-state index contributed by atoms with van der Waals surface area (Å²) in [6.45, 7) is 0. The lowest BCUT2D eigenvalue weighted by molar-refractivity contribution is 0.488. The first-order chi connectivity index (χ1) is 28.3. The first-order valence-electron chi connectivity index (χ1n) is 19.3. The van der Waals surface area contributed by atoms with Crippen molar-refractivity contribution in [1.82, 2.24) is 0 Å². The molecule has 11 rings (SSSR count). The molecule has 1 aliphatic rings. The number of thiophene rings is 1. The summed E-state index contributed by atoms with van der Waals surface area (Å²) in [5, 5.41) is 2.62. The Morgan fingerprint density at radius 1 is 0.333 bits per heavy atom. The molecule has 2 nitrogen and oxygen atoms in total. The van der Waals surface area contributed by atoms with Crippen molar-refractivity contribution >= 4 is 48.6 Å². The Labute approximate surface area is 336 Å². The molecule has 0 fully saturated rings. The normalized spacial score (nSPS) is 11.6. The van der Waals surface area contributed by atoms with Gasteiger partial charge in [0.1, 0.15) is 11.5 Å². The molecule has 0 spiro atoms. The van der Waals surface area contributed by atoms with Crippen LogP contribution in [0.3, 0.4) is 0 Å². The fourth-order valence-corrected chi connectivity index (χ4v) is 9.65. The van der Waals surface area contributed by atoms with Crippen molar-refractivity contribution in [2.45, 2.75) is 0 Å². The number of benzene rings is 9. The quantitative estimate of drug-likeness (QED) is 0.168. The van der Waals surface area contributed by atoms with E-state index in [0.717, 1.165) is 61.9 Å². The van der Waals surface area contributed by atoms with Crippen LogP contribution < -0.4 is 9.64 Å². The number of rotatable bonds is 6. The molecular weight excluding hydrogens is 711 g/mol. The molecule has 3 heteroatoms. The van der Waals surface area contributed by atoms with Crippen LogP contribution in [0.2, 0.25) is 0 Å². The fourth-order valence-electron chi connectivity index (χ4n) is 8.41. The molecule has 1 aliphatic heterocycles. The average Bonchev–Trinajstić information content (AvgIpc) is 3.60. The molecule has 1 aromatic heterocycles. The summed E-state index contributed by atoms with van der Waals surface area (Å²) in [4.78, 5) is 2.33. The summed E-state index contributed by atoms with van der Waals surface area (Å²) in [5.41, 5.74) is 14.8. The average molecular weight is 746 g/mol. The molecule has 0 bridgehead atoms. The Morgan fingerprint density at radius 2 is 0.877 bits per heavy atom. The molecule has 2 heterocycles. The summed E-state index contributed by atoms with van der Waals surface area (Å²) in [6.07, 6.45) is 0. The Hall–Kier alpha value is -7.20. The monoisotopic (exact) mass is 745 g/mol. The third kappa shape index (κ3) is 5.80. The van der Waals surface area contributed by atoms with Crippen molar-refractivity contribution in [1.29, 1.82) is 0 Å². The predicted molar refractivity (Wildman–Crippen MR) is 241 cm³/mol. The second kappa shape index (κ2) is 13.8. The van der Waals surface area contributed by atoms with Crippen molar-refractivity contribution in [2.24, 2.45) is 0 Å². The number of nitrogens with zero attached hydrogens (tertiary/aromatic N) is 1. The van der Waals surface area contributed by atoms with Crippen molar-refractivity contribution in [3.05, 3.63) is 212 Å². The van der Waals surface area contributed by atoms with Gasteiger partial charge in [0.2, 0.25) is 0 Å². The standard InChI is InChI=1S/C54H35NOS/c1-3-13-36(14-4-1)37-25-29-40(30-26-37)55(41-31-27-39(28-32-41)44-21-11-22-49-47-18-9-10-24-52(47)57-54(44)49)42-33-34-46-45-17-7-8-19-48(45)53-43(38-15-5-2-6-16-38)20-12-23-50(53)56-51(46)35-42/h1-35H. The van der Waals surface area contributed by atoms with E-state index in [-0.39, 0.29) is 0 Å². The van der Waals surface area contributed by atoms with Crippen LogP contribution in [-0.2, 0) is 0 Å². The number of hydrogen-bond donors (Lipinski definition) is 0. The summed E-state index contributed by atoms with van der Waals surface area (Å²) in [7, 11) is 0. The van der Waals surface area contributed by atoms with Crippen molar-refractivity contribution in [3.63, 3.8) is 0 Å². The van der Waals surface area contributed by atoms with E-state index < -0.39 is 0 Å². The number of hydrogen-bond acceptors (Lipinski definition) is 3. The van der Waals surface area contributed by atoms with E-state index >= 15 is 0 Å². The van der Waals surface area contributed by atoms with E-state index in [4.69, 9.17) is 4.74 Å². The van der Waals surface area contributed by atoms with Crippen molar-refractivity contribution in [3.8, 4) is 67.1 Å². The minimum atomic E-state index is 0.822. The van der Waals surface area contributed by atoms with E-state index in [1.807, 2.05) is 11.3 Å². The third-order valence-electron chi connectivity index (χ3n) is 11.1. The Kier molecular flexibility index (Phi) is 8.04. The highest BCUT2D eigenvalue weighted by Gasteiger charge is 2.25. The molecule has 9 aromatic carbocycles. The van der Waals surface area contributed by atoms with Crippen LogP contribution in [0.25, 0.3) is 75.8 Å². The molecule has 0 saturated carbocycles. The Bertz CT molecular complexity index is 3080. The van der Waals surface area contributed by atoms with Crippen LogP contribution in [0.5, 0.6) is 11.5 Å². The fraction of sp³-hybridized carbons (Fsp3) is 0. The Balaban J connectivity index is 1.05. The molecule has 57 heavy (non-hydrogen) atoms. The minimum Gasteiger partial charge on any atom is -0.456 e. The first-order valence-corrected chi connectivity index (χ1v) is 20.1. The van der Waals surface area contributed by atoms with Crippen LogP contribution in [0.15, 0.2) is 212 Å². The molecule has 0 atom stereocenters. The van der Waals surface area contributed by atoms with Gasteiger partial charge in [0.25, 0.3) is 0 Å². The van der Waals surface area contributed by atoms with E-state index in [1.54, 1.807) is 0 Å². The minimum absolute atomic E-state index is 0.822. The van der Waals surface area contributed by atoms with E-state index in [1.165, 1.54) is 42.4 Å². The van der Waals surface area contributed by atoms with Gasteiger partial charge in [-0.3, -0.25) is 0 Å². The second-order valence-corrected chi connectivity index (χ2v) is 15.5. The van der Waals surface area contributed by atoms with Crippen LogP contribution >= 0.6 is 11.3 Å². The van der Waals surface area contributed by atoms with Gasteiger partial charge in [0.05, 0.1) is 0 Å². The zero-order valence-corrected chi connectivity index (χ0v) is 31.8. The van der Waals surface area contributed by atoms with Crippen molar-refractivity contribution in [2.75, 3.05) is 4.90 Å². The van der Waals surface area contributed by atoms with Gasteiger partial charge in [-0.1, -0.05) is 158 Å². The first kappa shape index (κ1) is 33.2. The maximum Gasteiger partial charge on any atom is 0.137 e. The lowest BCUT2D eigenvalue weighted by Crippen LogP contribution is -2.10. The highest BCUT2D eigenvalue weighted by molar-refractivity contribution is 7.26. The van der Waals surface area contributed by atoms with Crippen LogP contribution in [0.1, 0.15) is 0 Å². The predicted octanol–water partition coefficient (Wildman–Crippen LogP) is 16.0. The summed E-state index contributed by atoms with van der Waals surface area (Å²) in [5.74, 6) is 1.67. The van der Waals surface area contributed by atoms with E-state index in [0.29, 0.717) is 0 Å². The molecule has 0 N–H and O–H groups in total. The Morgan fingerprint density at radius 3 is 1.65 bits per heavy atom. The van der Waals surface area contributed by atoms with Gasteiger partial charge in [0, 0.05) is 54.4 Å². The zero-order chi connectivity index (χ0) is 37.7. The van der Waals surface area contributed by atoms with Gasteiger partial charge < -0.3 is 9.64 Å². The summed E-state index contributed by atoms with van der Waals surface area (Å²) >= 11 is 1.87. The molecular formula is C54H35NOS. The van der Waals surface area contributed by atoms with Gasteiger partial charge in [-0.15, -0.1) is 11.3 Å². The molecule has 0 unspecified atom stereocenters. The van der Waals surface area contributed by atoms with E-state index in [2.05, 4.69) is 217 Å². The van der Waals surface area contributed by atoms with Crippen LogP contribution in [-0.4, -0.2) is 0 Å². The maximum absolute atomic E-state index is 7.00. The number of fused-ring (bicyclic) bond motifs is 8. The topological polar surface area (TPSA) is 12.5 Å². The molecule has 0 aliphatic carbocycles. The highest BCUT2D eigenvalue weighted by Crippen LogP contribution is 2.52. The number of anilines is 3. The summed E-state index contributed by atoms with van der Waals surface area (Å²) in [6, 6.07) is 76.1. The molecule has 10 aromatic rings. The molecule has 268 valence electrons. The van der Waals surface area contributed by atoms with Gasteiger partial charge in [-0.2, -0.15) is 0 Å². The lowest BCUT2D eigenvalue weighted by Gasteiger charge is -2.27. The second-order valence-electron chi connectivity index (χ2n) is 14.4. The van der Waals surface area contributed by atoms with Gasteiger partial charge in [-0.05, 0) is 93.0 Å². The smallest absolute Gasteiger partial charge is 0.137 e. The largest absolute Gasteiger partial charge is 0.456 e. The highest BCUT2D eigenvalue weighted by atomic mass is 32.1. The molecule has 0 radical (unpaired) electrons. The van der Waals surface area contributed by atoms with Crippen molar-refractivity contribution < 1.29 is 4.74 Å². The summed E-state index contributed by atoms with van der Waals surface area (Å²) < 4.78 is 9.64. The SMILES string of the molecule is c1ccc(-c2ccc(N(c3ccc(-c4cccc5c4sc4ccccc45)cc3)c3ccc4c(c3)Oc3cccc(-c5ccccc5)c3-c3ccccc3-4)cc2)cc1.